The minimum Gasteiger partial charge on any atom is -0.282 e. The molecule has 2 rings (SSSR count). The van der Waals surface area contributed by atoms with E-state index in [9.17, 15) is 14.4 Å². The maximum atomic E-state index is 12.0. The fourth-order valence-electron chi connectivity index (χ4n) is 3.80. The summed E-state index contributed by atoms with van der Waals surface area (Å²) in [4.78, 5) is 38.7. The van der Waals surface area contributed by atoms with Crippen LogP contribution in [0.5, 0.6) is 0 Å². The quantitative estimate of drug-likeness (QED) is 0.546. The number of nitrogens with one attached hydrogen (secondary N) is 1. The molecule has 1 N–H and O–H groups in total. The third-order valence-corrected chi connectivity index (χ3v) is 5.04. The molecular weight excluding hydrogens is 292 g/mol. The molecule has 128 valence electrons. The van der Waals surface area contributed by atoms with Gasteiger partial charge >= 0.3 is 11.9 Å². The summed E-state index contributed by atoms with van der Waals surface area (Å²) in [5.41, 5.74) is 0.179. The zero-order valence-electron chi connectivity index (χ0n) is 14.1. The van der Waals surface area contributed by atoms with Gasteiger partial charge in [-0.1, -0.05) is 64.7 Å². The van der Waals surface area contributed by atoms with Crippen LogP contribution in [0.15, 0.2) is 4.99 Å². The van der Waals surface area contributed by atoms with Gasteiger partial charge in [-0.25, -0.2) is 4.79 Å². The van der Waals surface area contributed by atoms with Gasteiger partial charge in [-0.3, -0.25) is 14.9 Å². The van der Waals surface area contributed by atoms with Gasteiger partial charge < -0.3 is 0 Å². The zero-order valence-corrected chi connectivity index (χ0v) is 14.1. The van der Waals surface area contributed by atoms with Crippen molar-refractivity contribution in [3.63, 3.8) is 0 Å². The van der Waals surface area contributed by atoms with Crippen LogP contribution in [0.25, 0.3) is 0 Å². The monoisotopic (exact) mass is 320 g/mol. The molecule has 5 heteroatoms. The second-order valence-electron chi connectivity index (χ2n) is 6.86. The lowest BCUT2D eigenvalue weighted by molar-refractivity contribution is -0.133. The van der Waals surface area contributed by atoms with Crippen LogP contribution in [0.2, 0.25) is 0 Å². The van der Waals surface area contributed by atoms with Gasteiger partial charge in [-0.05, 0) is 18.8 Å². The number of nitrogens with zero attached hydrogens (tertiary/aromatic N) is 1. The van der Waals surface area contributed by atoms with E-state index < -0.39 is 17.7 Å². The Kier molecular flexibility index (Phi) is 6.93. The van der Waals surface area contributed by atoms with Crippen LogP contribution in [-0.4, -0.2) is 23.4 Å². The first kappa shape index (κ1) is 17.8. The number of aliphatic imine (C=N–C) groups is 1. The maximum absolute atomic E-state index is 12.0. The van der Waals surface area contributed by atoms with Crippen LogP contribution in [0, 0.1) is 11.8 Å². The number of ketones is 1. The first-order chi connectivity index (χ1) is 11.1. The first-order valence-electron chi connectivity index (χ1n) is 9.10. The summed E-state index contributed by atoms with van der Waals surface area (Å²) in [6, 6.07) is -0.701. The van der Waals surface area contributed by atoms with Gasteiger partial charge in [0, 0.05) is 5.92 Å². The molecular formula is C18H28N2O3. The first-order valence-corrected chi connectivity index (χ1v) is 9.10. The van der Waals surface area contributed by atoms with Crippen molar-refractivity contribution in [3.05, 3.63) is 0 Å². The maximum Gasteiger partial charge on any atom is 0.348 e. The molecule has 5 nitrogen and oxygen atoms in total. The highest BCUT2D eigenvalue weighted by molar-refractivity contribution is 6.68. The molecule has 0 spiro atoms. The van der Waals surface area contributed by atoms with E-state index in [1.54, 1.807) is 0 Å². The predicted octanol–water partition coefficient (Wildman–Crippen LogP) is 3.80. The summed E-state index contributed by atoms with van der Waals surface area (Å²) in [5.74, 6) is -0.651. The molecule has 1 aliphatic carbocycles. The molecule has 23 heavy (non-hydrogen) atoms. The minimum absolute atomic E-state index is 0.0612. The summed E-state index contributed by atoms with van der Waals surface area (Å²) < 4.78 is 0. The molecule has 2 aliphatic rings. The van der Waals surface area contributed by atoms with Crippen molar-refractivity contribution in [1.29, 1.82) is 0 Å². The molecule has 0 aromatic heterocycles. The Morgan fingerprint density at radius 3 is 2.52 bits per heavy atom. The molecule has 0 aromatic rings. The number of urea groups is 1. The van der Waals surface area contributed by atoms with E-state index in [0.717, 1.165) is 38.0 Å². The fourth-order valence-corrected chi connectivity index (χ4v) is 3.80. The predicted molar refractivity (Wildman–Crippen MR) is 89.4 cm³/mol. The number of imide groups is 1. The van der Waals surface area contributed by atoms with Crippen LogP contribution in [0.1, 0.15) is 77.6 Å². The van der Waals surface area contributed by atoms with Gasteiger partial charge in [0.15, 0.2) is 0 Å². The van der Waals surface area contributed by atoms with Gasteiger partial charge in [0.25, 0.3) is 5.78 Å². The minimum atomic E-state index is -0.830. The topological polar surface area (TPSA) is 75.6 Å². The number of rotatable bonds is 8. The van der Waals surface area contributed by atoms with Crippen molar-refractivity contribution in [1.82, 2.24) is 5.32 Å². The van der Waals surface area contributed by atoms with Gasteiger partial charge in [0.2, 0.25) is 0 Å². The van der Waals surface area contributed by atoms with Gasteiger partial charge in [0.05, 0.1) is 0 Å². The average molecular weight is 320 g/mol. The van der Waals surface area contributed by atoms with Crippen LogP contribution >= 0.6 is 0 Å². The van der Waals surface area contributed by atoms with Crippen molar-refractivity contribution in [2.45, 2.75) is 77.6 Å². The molecule has 3 amide bonds. The Hall–Kier alpha value is -1.52. The lowest BCUT2D eigenvalue weighted by Gasteiger charge is -2.22. The summed E-state index contributed by atoms with van der Waals surface area (Å²) in [7, 11) is 0. The molecule has 1 heterocycles. The summed E-state index contributed by atoms with van der Waals surface area (Å²) in [6.07, 6.45) is 12.8. The highest BCUT2D eigenvalue weighted by atomic mass is 16.2. The van der Waals surface area contributed by atoms with Crippen LogP contribution < -0.4 is 5.32 Å². The Morgan fingerprint density at radius 2 is 1.83 bits per heavy atom. The van der Waals surface area contributed by atoms with Crippen molar-refractivity contribution < 1.29 is 14.4 Å². The van der Waals surface area contributed by atoms with Crippen LogP contribution in [0.4, 0.5) is 4.79 Å². The highest BCUT2D eigenvalue weighted by Gasteiger charge is 2.32. The van der Waals surface area contributed by atoms with Gasteiger partial charge in [0.1, 0.15) is 5.71 Å². The Morgan fingerprint density at radius 1 is 1.09 bits per heavy atom. The van der Waals surface area contributed by atoms with E-state index in [1.807, 2.05) is 12.2 Å². The second-order valence-corrected chi connectivity index (χ2v) is 6.86. The number of Topliss-reactive ketones (excluding diaryl/α,β-unsaturated/α-hetero) is 1. The highest BCUT2D eigenvalue weighted by Crippen LogP contribution is 2.29. The number of hydrogen-bond acceptors (Lipinski definition) is 3. The van der Waals surface area contributed by atoms with Crippen molar-refractivity contribution in [2.75, 3.05) is 0 Å². The molecule has 0 saturated heterocycles. The second kappa shape index (κ2) is 8.94. The Balaban J connectivity index is 1.84. The van der Waals surface area contributed by atoms with Crippen molar-refractivity contribution in [3.8, 4) is 0 Å². The van der Waals surface area contributed by atoms with Gasteiger partial charge in [-0.15, -0.1) is 0 Å². The fraction of sp³-hybridized carbons (Fsp3) is 0.778. The Labute approximate surface area is 138 Å². The van der Waals surface area contributed by atoms with E-state index in [1.165, 1.54) is 38.5 Å². The van der Waals surface area contributed by atoms with Gasteiger partial charge in [-0.2, -0.15) is 4.99 Å². The molecule has 0 bridgehead atoms. The SMILES string of the molecule is CCCC(CCCCC1CCCCC1)C1=NC(=O)NC(=O)C1=O. The average Bonchev–Trinajstić information content (AvgIpc) is 2.55. The zero-order chi connectivity index (χ0) is 16.7. The summed E-state index contributed by atoms with van der Waals surface area (Å²) in [5, 5.41) is 1.95. The number of amides is 3. The molecule has 1 aliphatic heterocycles. The van der Waals surface area contributed by atoms with Crippen LogP contribution in [-0.2, 0) is 9.59 Å². The van der Waals surface area contributed by atoms with E-state index in [2.05, 4.69) is 4.99 Å². The van der Waals surface area contributed by atoms with E-state index in [0.29, 0.717) is 0 Å². The van der Waals surface area contributed by atoms with E-state index in [4.69, 9.17) is 0 Å². The number of carbonyl (C=O) groups excluding carboxylic acids is 3. The smallest absolute Gasteiger partial charge is 0.282 e. The van der Waals surface area contributed by atoms with E-state index in [-0.39, 0.29) is 11.6 Å². The molecule has 1 fully saturated rings. The summed E-state index contributed by atoms with van der Waals surface area (Å²) in [6.45, 7) is 2.05. The standard InChI is InChI=1S/C18H28N2O3/c1-2-8-14(15-16(21)17(22)20-18(23)19-15)12-7-6-11-13-9-4-3-5-10-13/h13-14H,2-12H2,1H3,(H,20,22,23). The van der Waals surface area contributed by atoms with Crippen molar-refractivity contribution >= 4 is 23.4 Å². The van der Waals surface area contributed by atoms with Crippen LogP contribution in [0.3, 0.4) is 0 Å². The van der Waals surface area contributed by atoms with Crippen molar-refractivity contribution in [2.24, 2.45) is 16.8 Å². The third kappa shape index (κ3) is 5.26. The number of carbonyl (C=O) groups is 3. The number of hydrogen-bond donors (Lipinski definition) is 1. The molecule has 0 aromatic carbocycles. The molecule has 1 atom stereocenters. The Bertz CT molecular complexity index is 479. The molecule has 0 radical (unpaired) electrons. The third-order valence-electron chi connectivity index (χ3n) is 5.04. The van der Waals surface area contributed by atoms with E-state index >= 15 is 0 Å². The number of unbranched alkanes of at least 4 members (excludes halogenated alkanes) is 1. The lowest BCUT2D eigenvalue weighted by atomic mass is 9.84. The summed E-state index contributed by atoms with van der Waals surface area (Å²) >= 11 is 0. The lowest BCUT2D eigenvalue weighted by Crippen LogP contribution is -2.46. The molecule has 1 unspecified atom stereocenters. The molecule has 1 saturated carbocycles. The largest absolute Gasteiger partial charge is 0.348 e. The normalized spacial score (nSPS) is 21.1.